The van der Waals surface area contributed by atoms with Crippen molar-refractivity contribution >= 4 is 84.8 Å². The van der Waals surface area contributed by atoms with E-state index >= 15 is 0 Å². The van der Waals surface area contributed by atoms with Crippen LogP contribution in [0.4, 0.5) is 22.7 Å². The molecular formula is C40H29CrN8O16S4. The van der Waals surface area contributed by atoms with E-state index in [-0.39, 0.29) is 84.4 Å². The van der Waals surface area contributed by atoms with E-state index in [9.17, 15) is 72.0 Å². The Morgan fingerprint density at radius 1 is 0.580 bits per heavy atom. The first-order valence-corrected chi connectivity index (χ1v) is 24.5. The summed E-state index contributed by atoms with van der Waals surface area (Å²) in [7, 11) is -18.6. The van der Waals surface area contributed by atoms with E-state index in [1.807, 2.05) is 0 Å². The zero-order valence-electron chi connectivity index (χ0n) is 34.8. The maximum atomic E-state index is 12.9. The first kappa shape index (κ1) is 51.2. The van der Waals surface area contributed by atoms with Crippen LogP contribution in [0.25, 0.3) is 32.9 Å². The van der Waals surface area contributed by atoms with Gasteiger partial charge in [0.25, 0.3) is 35.9 Å². The van der Waals surface area contributed by atoms with Crippen LogP contribution in [0, 0.1) is 13.8 Å². The van der Waals surface area contributed by atoms with Crippen molar-refractivity contribution in [2.75, 3.05) is 0 Å². The monoisotopic (exact) mass is 1060 g/mol. The Bertz CT molecular complexity index is 3970. The molecule has 5 N–H and O–H groups in total. The SMILES string of the molecule is Cc1[nH]n(-c2cccc(S(=O)(=O)O)c2)c(=O)c1N=Nc1c(O)cc(S(=O)(=O)O)c2ccccc12.Cc1nn(-c2cccc(S(=O)(=O)[O-])c2)c([O-])c1N=Nc1c([O-])cc(S(=O)(=O)O)c2ccccc12.[Cr+3]. The number of H-pyrrole nitrogens is 1. The van der Waals surface area contributed by atoms with Gasteiger partial charge in [-0.05, 0) is 56.3 Å². The van der Waals surface area contributed by atoms with Gasteiger partial charge in [-0.25, -0.2) is 17.8 Å². The van der Waals surface area contributed by atoms with Gasteiger partial charge in [0.05, 0.1) is 38.2 Å². The third-order valence-electron chi connectivity index (χ3n) is 9.71. The fraction of sp³-hybridized carbons (Fsp3) is 0.0500. The van der Waals surface area contributed by atoms with Gasteiger partial charge >= 0.3 is 17.4 Å². The Hall–Kier alpha value is -7.17. The number of azo groups is 2. The van der Waals surface area contributed by atoms with Crippen LogP contribution in [0.2, 0.25) is 0 Å². The molecule has 0 aliphatic carbocycles. The van der Waals surface area contributed by atoms with Crippen molar-refractivity contribution in [2.24, 2.45) is 20.5 Å². The molecule has 0 fully saturated rings. The molecule has 0 atom stereocenters. The quantitative estimate of drug-likeness (QED) is 0.0858. The van der Waals surface area contributed by atoms with Gasteiger partial charge in [0.15, 0.2) is 5.69 Å². The molecule has 0 unspecified atom stereocenters. The molecule has 0 saturated heterocycles. The normalized spacial score (nSPS) is 12.4. The Morgan fingerprint density at radius 2 is 1.06 bits per heavy atom. The number of phenolic OH excluding ortho intramolecular Hbond substituents is 1. The number of nitrogens with one attached hydrogen (secondary N) is 1. The van der Waals surface area contributed by atoms with Crippen molar-refractivity contribution < 1.29 is 84.6 Å². The van der Waals surface area contributed by atoms with Gasteiger partial charge in [-0.15, -0.1) is 15.3 Å². The van der Waals surface area contributed by atoms with Crippen LogP contribution in [0.3, 0.4) is 0 Å². The van der Waals surface area contributed by atoms with Gasteiger partial charge in [-0.3, -0.25) is 23.6 Å². The van der Waals surface area contributed by atoms with E-state index in [4.69, 9.17) is 0 Å². The van der Waals surface area contributed by atoms with Gasteiger partial charge in [0.1, 0.15) is 37.0 Å². The molecular weight excluding hydrogens is 1030 g/mol. The number of benzene rings is 6. The fourth-order valence-electron chi connectivity index (χ4n) is 6.63. The Morgan fingerprint density at radius 3 is 1.62 bits per heavy atom. The molecule has 0 aliphatic rings. The number of aromatic nitrogens is 4. The van der Waals surface area contributed by atoms with Gasteiger partial charge in [-0.1, -0.05) is 66.4 Å². The molecule has 8 rings (SSSR count). The summed E-state index contributed by atoms with van der Waals surface area (Å²) >= 11 is 0. The zero-order chi connectivity index (χ0) is 49.7. The van der Waals surface area contributed by atoms with E-state index in [1.165, 1.54) is 80.6 Å². The smallest absolute Gasteiger partial charge is 0.871 e. The summed E-state index contributed by atoms with van der Waals surface area (Å²) in [6.45, 7) is 2.94. The van der Waals surface area contributed by atoms with Crippen LogP contribution >= 0.6 is 0 Å². The van der Waals surface area contributed by atoms with Crippen molar-refractivity contribution in [3.8, 4) is 28.8 Å². The van der Waals surface area contributed by atoms with Crippen molar-refractivity contribution in [1.82, 2.24) is 19.6 Å². The molecule has 6 aromatic carbocycles. The fourth-order valence-corrected chi connectivity index (χ4v) is 9.09. The summed E-state index contributed by atoms with van der Waals surface area (Å²) in [5.74, 6) is -2.25. The van der Waals surface area contributed by atoms with Gasteiger partial charge in [0.2, 0.25) is 0 Å². The number of rotatable bonds is 10. The molecule has 1 radical (unpaired) electrons. The Kier molecular flexibility index (Phi) is 14.2. The minimum atomic E-state index is -4.77. The third kappa shape index (κ3) is 10.6. The van der Waals surface area contributed by atoms with Gasteiger partial charge in [0, 0.05) is 33.5 Å². The van der Waals surface area contributed by atoms with Crippen molar-refractivity contribution in [2.45, 2.75) is 33.4 Å². The predicted molar refractivity (Wildman–Crippen MR) is 234 cm³/mol. The number of aromatic hydroxyl groups is 1. The molecule has 0 aliphatic heterocycles. The summed E-state index contributed by atoms with van der Waals surface area (Å²) in [4.78, 5) is 10.8. The molecule has 355 valence electrons. The van der Waals surface area contributed by atoms with Crippen molar-refractivity contribution in [3.05, 3.63) is 131 Å². The second kappa shape index (κ2) is 19.1. The third-order valence-corrected chi connectivity index (χ3v) is 13.2. The van der Waals surface area contributed by atoms with Crippen molar-refractivity contribution in [1.29, 1.82) is 0 Å². The number of aryl methyl sites for hydroxylation is 2. The average Bonchev–Trinajstić information content (AvgIpc) is 3.72. The number of phenols is 1. The summed E-state index contributed by atoms with van der Waals surface area (Å²) in [6, 6.07) is 23.0. The molecule has 69 heavy (non-hydrogen) atoms. The minimum Gasteiger partial charge on any atom is -0.871 e. The first-order valence-electron chi connectivity index (χ1n) is 18.7. The van der Waals surface area contributed by atoms with Crippen LogP contribution in [0.5, 0.6) is 17.4 Å². The Labute approximate surface area is 400 Å². The largest absolute Gasteiger partial charge is 3.00 e. The van der Waals surface area contributed by atoms with E-state index in [1.54, 1.807) is 6.07 Å². The second-order valence-corrected chi connectivity index (χ2v) is 19.8. The van der Waals surface area contributed by atoms with Gasteiger partial charge < -0.3 is 19.9 Å². The summed E-state index contributed by atoms with van der Waals surface area (Å²) < 4.78 is 133. The van der Waals surface area contributed by atoms with Crippen LogP contribution in [0.15, 0.2) is 154 Å². The second-order valence-electron chi connectivity index (χ2n) is 14.2. The molecule has 0 amide bonds. The van der Waals surface area contributed by atoms with Crippen LogP contribution in [0.1, 0.15) is 11.4 Å². The first-order chi connectivity index (χ1) is 31.8. The van der Waals surface area contributed by atoms with Gasteiger partial charge in [-0.2, -0.15) is 35.5 Å². The maximum Gasteiger partial charge on any atom is 3.00 e. The molecule has 0 saturated carbocycles. The number of hydrogen-bond donors (Lipinski definition) is 5. The number of nitrogens with zero attached hydrogens (tertiary/aromatic N) is 7. The van der Waals surface area contributed by atoms with E-state index in [2.05, 4.69) is 30.7 Å². The van der Waals surface area contributed by atoms with E-state index in [0.717, 1.165) is 39.7 Å². The molecule has 8 aromatic rings. The van der Waals surface area contributed by atoms with Crippen LogP contribution in [-0.2, 0) is 57.8 Å². The van der Waals surface area contributed by atoms with E-state index < -0.39 is 83.0 Å². The molecule has 0 spiro atoms. The maximum absolute atomic E-state index is 12.9. The minimum absolute atomic E-state index is 0. The molecule has 29 heteroatoms. The zero-order valence-corrected chi connectivity index (χ0v) is 39.3. The molecule has 2 aromatic heterocycles. The summed E-state index contributed by atoms with van der Waals surface area (Å²) in [5.41, 5.74) is -1.09. The molecule has 0 bridgehead atoms. The standard InChI is InChI=1S/2C20H16N4O8S2.Cr/c2*1-11-18(20(26)24(23-11)12-5-4-6-13(9-12)33(27,28)29)21-22-19-15-8-3-2-7-14(15)17(10-16(19)25)34(30,31)32;/h2-10,25-26H,1H3,(H,27,28,29)(H,30,31,32);2-10,23,25H,1H3,(H,27,28,29)(H,30,31,32);/q;;+3/p-3. The summed E-state index contributed by atoms with van der Waals surface area (Å²) in [5, 5.41) is 58.4. The van der Waals surface area contributed by atoms with E-state index in [0.29, 0.717) is 6.07 Å². The molecule has 2 heterocycles. The van der Waals surface area contributed by atoms with Crippen LogP contribution in [-0.4, -0.2) is 76.5 Å². The number of fused-ring (bicyclic) bond motifs is 2. The predicted octanol–water partition coefficient (Wildman–Crippen LogP) is 5.29. The van der Waals surface area contributed by atoms with Crippen molar-refractivity contribution in [3.63, 3.8) is 0 Å². The number of hydrogen-bond acceptors (Lipinski definition) is 18. The summed E-state index contributed by atoms with van der Waals surface area (Å²) in [6.07, 6.45) is 0. The molecule has 24 nitrogen and oxygen atoms in total. The number of aromatic amines is 1. The average molecular weight is 1060 g/mol. The Balaban J connectivity index is 0.000000224. The van der Waals surface area contributed by atoms with Crippen LogP contribution < -0.4 is 15.8 Å². The topological polar surface area (TPSA) is 392 Å².